The van der Waals surface area contributed by atoms with Gasteiger partial charge >= 0.3 is 6.03 Å². The smallest absolute Gasteiger partial charge is 0.310 e. The van der Waals surface area contributed by atoms with E-state index in [1.807, 2.05) is 53.1 Å². The number of carbonyl (C=O) groups excluding carboxylic acids is 1. The SMILES string of the molecule is CC(C)n1cnnc1-c1cccc(N2CCN(c3ccccc3)C2=O)n1. The van der Waals surface area contributed by atoms with Crippen molar-refractivity contribution in [3.05, 3.63) is 54.9 Å². The summed E-state index contributed by atoms with van der Waals surface area (Å²) in [6, 6.07) is 15.5. The molecule has 0 saturated carbocycles. The molecule has 4 rings (SSSR count). The number of benzene rings is 1. The van der Waals surface area contributed by atoms with Gasteiger partial charge in [0.25, 0.3) is 0 Å². The molecule has 132 valence electrons. The molecule has 0 spiro atoms. The van der Waals surface area contributed by atoms with E-state index in [9.17, 15) is 4.79 Å². The van der Waals surface area contributed by atoms with Crippen LogP contribution in [0.4, 0.5) is 16.3 Å². The van der Waals surface area contributed by atoms with E-state index >= 15 is 0 Å². The fraction of sp³-hybridized carbons (Fsp3) is 0.263. The molecule has 0 N–H and O–H groups in total. The van der Waals surface area contributed by atoms with Crippen LogP contribution < -0.4 is 9.80 Å². The Hall–Kier alpha value is -3.22. The van der Waals surface area contributed by atoms with E-state index in [1.165, 1.54) is 0 Å². The van der Waals surface area contributed by atoms with Crippen LogP contribution >= 0.6 is 0 Å². The lowest BCUT2D eigenvalue weighted by Crippen LogP contribution is -2.32. The molecule has 1 saturated heterocycles. The van der Waals surface area contributed by atoms with Gasteiger partial charge in [-0.3, -0.25) is 9.80 Å². The van der Waals surface area contributed by atoms with Crippen LogP contribution in [0.25, 0.3) is 11.5 Å². The van der Waals surface area contributed by atoms with E-state index in [2.05, 4.69) is 29.0 Å². The minimum absolute atomic E-state index is 0.0637. The summed E-state index contributed by atoms with van der Waals surface area (Å²) in [6.07, 6.45) is 1.70. The van der Waals surface area contributed by atoms with E-state index < -0.39 is 0 Å². The first kappa shape index (κ1) is 16.3. The number of nitrogens with zero attached hydrogens (tertiary/aromatic N) is 6. The topological polar surface area (TPSA) is 67.2 Å². The lowest BCUT2D eigenvalue weighted by Gasteiger charge is -2.18. The van der Waals surface area contributed by atoms with Crippen LogP contribution in [0.1, 0.15) is 19.9 Å². The maximum absolute atomic E-state index is 12.9. The summed E-state index contributed by atoms with van der Waals surface area (Å²) >= 11 is 0. The fourth-order valence-corrected chi connectivity index (χ4v) is 3.10. The van der Waals surface area contributed by atoms with Gasteiger partial charge in [0.2, 0.25) is 0 Å². The largest absolute Gasteiger partial charge is 0.330 e. The standard InChI is InChI=1S/C19H20N6O/c1-14(2)25-13-20-22-18(25)16-9-6-10-17(21-16)24-12-11-23(19(24)26)15-7-4-3-5-8-15/h3-10,13-14H,11-12H2,1-2H3. The number of hydrogen-bond donors (Lipinski definition) is 0. The molecule has 0 radical (unpaired) electrons. The molecule has 7 nitrogen and oxygen atoms in total. The van der Waals surface area contributed by atoms with Crippen LogP contribution in [0.3, 0.4) is 0 Å². The van der Waals surface area contributed by atoms with E-state index in [4.69, 9.17) is 0 Å². The van der Waals surface area contributed by atoms with Crippen molar-refractivity contribution < 1.29 is 4.79 Å². The number of pyridine rings is 1. The van der Waals surface area contributed by atoms with E-state index in [0.29, 0.717) is 30.4 Å². The van der Waals surface area contributed by atoms with Crippen LogP contribution in [0.5, 0.6) is 0 Å². The summed E-state index contributed by atoms with van der Waals surface area (Å²) in [6.45, 7) is 5.37. The Kier molecular flexibility index (Phi) is 4.12. The molecule has 1 fully saturated rings. The van der Waals surface area contributed by atoms with E-state index in [1.54, 1.807) is 16.1 Å². The summed E-state index contributed by atoms with van der Waals surface area (Å²) in [5, 5.41) is 8.19. The zero-order valence-corrected chi connectivity index (χ0v) is 14.8. The third-order valence-corrected chi connectivity index (χ3v) is 4.45. The number of urea groups is 1. The van der Waals surface area contributed by atoms with Crippen LogP contribution in [-0.2, 0) is 0 Å². The number of aromatic nitrogens is 4. The molecule has 0 atom stereocenters. The average Bonchev–Trinajstić information content (AvgIpc) is 3.29. The maximum Gasteiger partial charge on any atom is 0.330 e. The first-order valence-electron chi connectivity index (χ1n) is 8.66. The molecule has 1 aliphatic rings. The number of rotatable bonds is 4. The predicted octanol–water partition coefficient (Wildman–Crippen LogP) is 3.37. The quantitative estimate of drug-likeness (QED) is 0.725. The lowest BCUT2D eigenvalue weighted by molar-refractivity contribution is 0.255. The van der Waals surface area contributed by atoms with Gasteiger partial charge in [-0.25, -0.2) is 9.78 Å². The molecule has 3 heterocycles. The fourth-order valence-electron chi connectivity index (χ4n) is 3.10. The summed E-state index contributed by atoms with van der Waals surface area (Å²) < 4.78 is 1.97. The number of para-hydroxylation sites is 1. The summed E-state index contributed by atoms with van der Waals surface area (Å²) in [5.74, 6) is 1.33. The van der Waals surface area contributed by atoms with Gasteiger partial charge in [-0.1, -0.05) is 24.3 Å². The monoisotopic (exact) mass is 348 g/mol. The van der Waals surface area contributed by atoms with Gasteiger partial charge < -0.3 is 4.57 Å². The summed E-state index contributed by atoms with van der Waals surface area (Å²) in [4.78, 5) is 21.0. The Balaban J connectivity index is 1.63. The molecule has 2 aromatic heterocycles. The molecular weight excluding hydrogens is 328 g/mol. The molecule has 0 bridgehead atoms. The first-order valence-corrected chi connectivity index (χ1v) is 8.66. The average molecular weight is 348 g/mol. The molecule has 2 amide bonds. The molecule has 1 aromatic carbocycles. The van der Waals surface area contributed by atoms with Crippen molar-refractivity contribution in [1.29, 1.82) is 0 Å². The first-order chi connectivity index (χ1) is 12.6. The molecule has 0 unspecified atom stereocenters. The minimum atomic E-state index is -0.0637. The predicted molar refractivity (Wildman–Crippen MR) is 100 cm³/mol. The molecule has 26 heavy (non-hydrogen) atoms. The highest BCUT2D eigenvalue weighted by Crippen LogP contribution is 2.26. The van der Waals surface area contributed by atoms with Gasteiger partial charge in [-0.05, 0) is 38.1 Å². The third-order valence-electron chi connectivity index (χ3n) is 4.45. The highest BCUT2D eigenvalue weighted by molar-refractivity contribution is 6.05. The number of anilines is 2. The van der Waals surface area contributed by atoms with Gasteiger partial charge in [0.15, 0.2) is 5.82 Å². The van der Waals surface area contributed by atoms with E-state index in [-0.39, 0.29) is 12.1 Å². The van der Waals surface area contributed by atoms with Gasteiger partial charge in [-0.2, -0.15) is 0 Å². The van der Waals surface area contributed by atoms with Crippen LogP contribution in [0.15, 0.2) is 54.9 Å². The Morgan fingerprint density at radius 3 is 2.50 bits per heavy atom. The van der Waals surface area contributed by atoms with Gasteiger partial charge in [0, 0.05) is 24.8 Å². The molecule has 0 aliphatic carbocycles. The van der Waals surface area contributed by atoms with Crippen molar-refractivity contribution >= 4 is 17.5 Å². The van der Waals surface area contributed by atoms with Gasteiger partial charge in [0.1, 0.15) is 17.8 Å². The Morgan fingerprint density at radius 1 is 0.962 bits per heavy atom. The summed E-state index contributed by atoms with van der Waals surface area (Å²) in [7, 11) is 0. The Labute approximate surface area is 151 Å². The lowest BCUT2D eigenvalue weighted by atomic mass is 10.3. The second kappa shape index (κ2) is 6.59. The van der Waals surface area contributed by atoms with Crippen molar-refractivity contribution in [2.45, 2.75) is 19.9 Å². The number of carbonyl (C=O) groups is 1. The van der Waals surface area contributed by atoms with Gasteiger partial charge in [-0.15, -0.1) is 10.2 Å². The molecule has 3 aromatic rings. The van der Waals surface area contributed by atoms with Crippen molar-refractivity contribution in [3.63, 3.8) is 0 Å². The maximum atomic E-state index is 12.9. The third kappa shape index (κ3) is 2.81. The van der Waals surface area contributed by atoms with Crippen molar-refractivity contribution in [1.82, 2.24) is 19.7 Å². The van der Waals surface area contributed by atoms with Crippen LogP contribution in [-0.4, -0.2) is 38.9 Å². The highest BCUT2D eigenvalue weighted by Gasteiger charge is 2.31. The van der Waals surface area contributed by atoms with Crippen LogP contribution in [0.2, 0.25) is 0 Å². The molecule has 1 aliphatic heterocycles. The summed E-state index contributed by atoms with van der Waals surface area (Å²) in [5.41, 5.74) is 1.61. The van der Waals surface area contributed by atoms with Gasteiger partial charge in [0.05, 0.1) is 0 Å². The highest BCUT2D eigenvalue weighted by atomic mass is 16.2. The van der Waals surface area contributed by atoms with Crippen molar-refractivity contribution in [2.24, 2.45) is 0 Å². The number of amides is 2. The van der Waals surface area contributed by atoms with E-state index in [0.717, 1.165) is 5.69 Å². The van der Waals surface area contributed by atoms with Crippen molar-refractivity contribution in [3.8, 4) is 11.5 Å². The molecular formula is C19H20N6O. The Morgan fingerprint density at radius 2 is 1.73 bits per heavy atom. The second-order valence-corrected chi connectivity index (χ2v) is 6.46. The normalized spacial score (nSPS) is 14.5. The number of hydrogen-bond acceptors (Lipinski definition) is 4. The molecule has 7 heteroatoms. The van der Waals surface area contributed by atoms with Crippen LogP contribution in [0, 0.1) is 0 Å². The zero-order chi connectivity index (χ0) is 18.1. The minimum Gasteiger partial charge on any atom is -0.310 e. The Bertz CT molecular complexity index is 921. The second-order valence-electron chi connectivity index (χ2n) is 6.46. The van der Waals surface area contributed by atoms with Crippen molar-refractivity contribution in [2.75, 3.05) is 22.9 Å². The zero-order valence-electron chi connectivity index (χ0n) is 14.8.